The van der Waals surface area contributed by atoms with Crippen molar-refractivity contribution >= 4 is 17.1 Å². The monoisotopic (exact) mass is 694 g/mol. The van der Waals surface area contributed by atoms with Crippen LogP contribution in [0.5, 0.6) is 11.5 Å². The fraction of sp³-hybridized carbons (Fsp3) is 0.0588. The van der Waals surface area contributed by atoms with E-state index in [1.165, 1.54) is 0 Å². The van der Waals surface area contributed by atoms with Gasteiger partial charge in [0.15, 0.2) is 5.75 Å². The fourth-order valence-corrected chi connectivity index (χ4v) is 7.43. The van der Waals surface area contributed by atoms with Crippen LogP contribution in [-0.2, 0) is 5.41 Å². The Balaban J connectivity index is 1.33. The van der Waals surface area contributed by atoms with Crippen molar-refractivity contribution < 1.29 is 25.3 Å². The summed E-state index contributed by atoms with van der Waals surface area (Å²) in [5.41, 5.74) is 3.32. The van der Waals surface area contributed by atoms with Crippen LogP contribution >= 0.6 is 0 Å². The zero-order chi connectivity index (χ0) is 48.6. The summed E-state index contributed by atoms with van der Waals surface area (Å²) in [6.45, 7) is 4.21. The third-order valence-corrected chi connectivity index (χ3v) is 10.0. The SMILES string of the molecule is [2H]c1c([2H])c([2H])c(-c2c([2H])c([2H])c3c(c2[2H])-c2c([2H])c([2H])c([2H])c([2H])c2-c2c([2H])c([2H])c([2H])c(N(c4ccc(-c5ccccc5)cc4)c4ccc5c(c4)C(C)(C)c4ccccc4-5)c2O3)c([2H])c1[2H]. The molecule has 0 spiro atoms. The molecule has 0 saturated heterocycles. The van der Waals surface area contributed by atoms with Gasteiger partial charge in [-0.05, 0) is 98.0 Å². The lowest BCUT2D eigenvalue weighted by Crippen LogP contribution is -2.17. The first-order valence-corrected chi connectivity index (χ1v) is 17.1. The fourth-order valence-electron chi connectivity index (χ4n) is 7.43. The second-order valence-electron chi connectivity index (χ2n) is 13.4. The molecule has 0 saturated carbocycles. The van der Waals surface area contributed by atoms with Crippen molar-refractivity contribution in [2.45, 2.75) is 19.3 Å². The smallest absolute Gasteiger partial charge is 0.159 e. The Morgan fingerprint density at radius 1 is 0.472 bits per heavy atom. The molecule has 10 rings (SSSR count). The highest BCUT2D eigenvalue weighted by atomic mass is 16.5. The second-order valence-corrected chi connectivity index (χ2v) is 13.4. The Bertz CT molecular complexity index is 3490. The van der Waals surface area contributed by atoms with Crippen molar-refractivity contribution in [2.75, 3.05) is 4.90 Å². The van der Waals surface area contributed by atoms with E-state index >= 15 is 0 Å². The topological polar surface area (TPSA) is 12.5 Å². The number of fused-ring (bicyclic) bond motifs is 8. The van der Waals surface area contributed by atoms with Crippen LogP contribution in [-0.4, -0.2) is 0 Å². The average Bonchev–Trinajstić information content (AvgIpc) is 3.45. The number of nitrogens with zero attached hydrogens (tertiary/aromatic N) is 1. The molecule has 0 amide bonds. The van der Waals surface area contributed by atoms with Crippen LogP contribution in [0.2, 0.25) is 0 Å². The highest BCUT2D eigenvalue weighted by Crippen LogP contribution is 2.55. The third-order valence-electron chi connectivity index (χ3n) is 10.0. The molecule has 1 aliphatic heterocycles. The molecule has 0 N–H and O–H groups in total. The molecule has 1 heterocycles. The quantitative estimate of drug-likeness (QED) is 0.178. The van der Waals surface area contributed by atoms with Gasteiger partial charge in [-0.2, -0.15) is 0 Å². The first kappa shape index (κ1) is 19.3. The lowest BCUT2D eigenvalue weighted by atomic mass is 9.82. The van der Waals surface area contributed by atoms with E-state index in [0.29, 0.717) is 11.4 Å². The normalized spacial score (nSPS) is 17.0. The molecule has 53 heavy (non-hydrogen) atoms. The molecule has 0 bridgehead atoms. The number of hydrogen-bond donors (Lipinski definition) is 0. The summed E-state index contributed by atoms with van der Waals surface area (Å²) in [5, 5.41) is 0. The minimum absolute atomic E-state index is 0.153. The number of para-hydroxylation sites is 1. The zero-order valence-corrected chi connectivity index (χ0v) is 28.6. The van der Waals surface area contributed by atoms with E-state index in [1.807, 2.05) is 84.9 Å². The van der Waals surface area contributed by atoms with Crippen LogP contribution in [0.3, 0.4) is 0 Å². The molecule has 8 aromatic carbocycles. The van der Waals surface area contributed by atoms with Gasteiger partial charge in [0.2, 0.25) is 0 Å². The second kappa shape index (κ2) is 12.3. The molecule has 2 aliphatic rings. The van der Waals surface area contributed by atoms with Crippen molar-refractivity contribution in [1.29, 1.82) is 0 Å². The number of benzene rings is 8. The van der Waals surface area contributed by atoms with Crippen molar-refractivity contribution in [3.8, 4) is 67.1 Å². The molecule has 0 atom stereocenters. The Morgan fingerprint density at radius 2 is 1.13 bits per heavy atom. The summed E-state index contributed by atoms with van der Waals surface area (Å²) in [7, 11) is 0. The lowest BCUT2D eigenvalue weighted by Gasteiger charge is -2.30. The van der Waals surface area contributed by atoms with Gasteiger partial charge in [-0.25, -0.2) is 0 Å². The Kier molecular flexibility index (Phi) is 4.45. The molecule has 1 aliphatic carbocycles. The van der Waals surface area contributed by atoms with E-state index in [1.54, 1.807) is 4.90 Å². The first-order chi connectivity index (χ1) is 32.3. The molecule has 0 fully saturated rings. The van der Waals surface area contributed by atoms with E-state index in [4.69, 9.17) is 14.3 Å². The standard InChI is InChI=1S/C51H37NO/c1-51(2)46-22-12-11-20-42(46)43-30-29-39(33-47(43)51)52(38-27-24-36(25-28-38)34-14-5-3-6-15-34)48-23-13-21-44-40-18-9-10-19-41(40)45-32-37(35-16-7-4-8-17-35)26-31-49(45)53-50(44)48/h3-33H,1-2H3/i4D,7D,8D,9D,10D,13D,16D,17D,18D,19D,21D,23D,26D,31D,32D. The third kappa shape index (κ3) is 5.10. The molecule has 252 valence electrons. The summed E-state index contributed by atoms with van der Waals surface area (Å²) in [5.74, 6) is -0.956. The van der Waals surface area contributed by atoms with E-state index in [-0.39, 0.29) is 17.0 Å². The number of rotatable bonds is 5. The maximum Gasteiger partial charge on any atom is 0.159 e. The van der Waals surface area contributed by atoms with Crippen LogP contribution in [0.25, 0.3) is 55.6 Å². The number of anilines is 3. The first-order valence-electron chi connectivity index (χ1n) is 24.6. The van der Waals surface area contributed by atoms with Crippen molar-refractivity contribution in [2.24, 2.45) is 0 Å². The minimum atomic E-state index is -0.789. The molecule has 8 aromatic rings. The highest BCUT2D eigenvalue weighted by Gasteiger charge is 2.36. The number of ether oxygens (including phenoxy) is 1. The lowest BCUT2D eigenvalue weighted by molar-refractivity contribution is 0.489. The van der Waals surface area contributed by atoms with Crippen LogP contribution in [0.15, 0.2) is 188 Å². The van der Waals surface area contributed by atoms with Gasteiger partial charge in [0.1, 0.15) is 5.75 Å². The Hall–Kier alpha value is -6.64. The van der Waals surface area contributed by atoms with Gasteiger partial charge in [0.25, 0.3) is 0 Å². The van der Waals surface area contributed by atoms with Gasteiger partial charge in [-0.3, -0.25) is 0 Å². The van der Waals surface area contributed by atoms with Gasteiger partial charge in [0, 0.05) is 27.9 Å². The van der Waals surface area contributed by atoms with E-state index in [0.717, 1.165) is 33.4 Å². The summed E-state index contributed by atoms with van der Waals surface area (Å²) >= 11 is 0. The summed E-state index contributed by atoms with van der Waals surface area (Å²) < 4.78 is 143. The van der Waals surface area contributed by atoms with Gasteiger partial charge in [-0.15, -0.1) is 0 Å². The minimum Gasteiger partial charge on any atom is -0.454 e. The van der Waals surface area contributed by atoms with Gasteiger partial charge in [0.05, 0.1) is 26.2 Å². The molecule has 0 radical (unpaired) electrons. The largest absolute Gasteiger partial charge is 0.454 e. The molecule has 2 heteroatoms. The van der Waals surface area contributed by atoms with Crippen LogP contribution in [0, 0.1) is 0 Å². The predicted octanol–water partition coefficient (Wildman–Crippen LogP) is 14.2. The molecular formula is C51H37NO. The van der Waals surface area contributed by atoms with Crippen molar-refractivity contribution in [3.63, 3.8) is 0 Å². The van der Waals surface area contributed by atoms with E-state index in [2.05, 4.69) is 26.0 Å². The van der Waals surface area contributed by atoms with Gasteiger partial charge in [-0.1, -0.05) is 159 Å². The van der Waals surface area contributed by atoms with E-state index in [9.17, 15) is 11.0 Å². The summed E-state index contributed by atoms with van der Waals surface area (Å²) in [6, 6.07) is 20.1. The maximum absolute atomic E-state index is 9.73. The maximum atomic E-state index is 9.73. The van der Waals surface area contributed by atoms with Crippen LogP contribution < -0.4 is 9.64 Å². The zero-order valence-electron chi connectivity index (χ0n) is 43.6. The van der Waals surface area contributed by atoms with Gasteiger partial charge >= 0.3 is 0 Å². The predicted molar refractivity (Wildman–Crippen MR) is 221 cm³/mol. The average molecular weight is 695 g/mol. The van der Waals surface area contributed by atoms with Crippen molar-refractivity contribution in [3.05, 3.63) is 199 Å². The highest BCUT2D eigenvalue weighted by molar-refractivity contribution is 5.97. The number of hydrogen-bond acceptors (Lipinski definition) is 2. The molecule has 0 aromatic heterocycles. The molecular weight excluding hydrogens is 643 g/mol. The van der Waals surface area contributed by atoms with E-state index < -0.39 is 130 Å². The summed E-state index contributed by atoms with van der Waals surface area (Å²) in [6.07, 6.45) is 0. The summed E-state index contributed by atoms with van der Waals surface area (Å²) in [4.78, 5) is 1.66. The van der Waals surface area contributed by atoms with Crippen LogP contribution in [0.1, 0.15) is 45.5 Å². The van der Waals surface area contributed by atoms with Crippen LogP contribution in [0.4, 0.5) is 17.1 Å². The Morgan fingerprint density at radius 3 is 1.94 bits per heavy atom. The van der Waals surface area contributed by atoms with Gasteiger partial charge < -0.3 is 9.64 Å². The molecule has 2 nitrogen and oxygen atoms in total. The molecule has 0 unspecified atom stereocenters. The Labute approximate surface area is 332 Å². The van der Waals surface area contributed by atoms with Crippen molar-refractivity contribution in [1.82, 2.24) is 0 Å².